The number of nitrogens with one attached hydrogen (secondary N) is 2. The number of H-pyrrole nitrogens is 1. The Hall–Kier alpha value is -2.25. The van der Waals surface area contributed by atoms with Crippen LogP contribution in [-0.4, -0.2) is 33.6 Å². The number of nitrogens with zero attached hydrogens (tertiary/aromatic N) is 3. The first kappa shape index (κ1) is 17.2. The lowest BCUT2D eigenvalue weighted by Crippen LogP contribution is -2.32. The number of benzene rings is 1. The van der Waals surface area contributed by atoms with E-state index in [0.717, 1.165) is 42.8 Å². The topological polar surface area (TPSA) is 88.9 Å². The monoisotopic (exact) mass is 355 g/mol. The summed E-state index contributed by atoms with van der Waals surface area (Å²) in [6, 6.07) is 6.26. The third-order valence-corrected chi connectivity index (χ3v) is 5.05. The summed E-state index contributed by atoms with van der Waals surface area (Å²) in [7, 11) is 0. The molecule has 0 spiro atoms. The van der Waals surface area contributed by atoms with E-state index >= 15 is 0 Å². The maximum Gasteiger partial charge on any atom is 0.244 e. The minimum Gasteiger partial charge on any atom is -0.381 e. The maximum atomic E-state index is 5.62. The van der Waals surface area contributed by atoms with Gasteiger partial charge in [-0.25, -0.2) is 0 Å². The van der Waals surface area contributed by atoms with Gasteiger partial charge in [0.25, 0.3) is 0 Å². The molecule has 26 heavy (non-hydrogen) atoms. The van der Waals surface area contributed by atoms with Gasteiger partial charge in [-0.1, -0.05) is 37.2 Å². The van der Waals surface area contributed by atoms with E-state index in [-0.39, 0.29) is 12.0 Å². The average molecular weight is 355 g/mol. The summed E-state index contributed by atoms with van der Waals surface area (Å²) < 4.78 is 11.1. The largest absolute Gasteiger partial charge is 0.381 e. The number of fused-ring (bicyclic) bond motifs is 1. The van der Waals surface area contributed by atoms with Crippen LogP contribution in [0.1, 0.15) is 55.9 Å². The maximum absolute atomic E-state index is 5.62. The lowest BCUT2D eigenvalue weighted by atomic mass is 9.91. The molecule has 1 saturated heterocycles. The van der Waals surface area contributed by atoms with Crippen molar-refractivity contribution in [3.63, 3.8) is 0 Å². The fourth-order valence-corrected chi connectivity index (χ4v) is 3.51. The van der Waals surface area contributed by atoms with Crippen molar-refractivity contribution in [1.29, 1.82) is 0 Å². The van der Waals surface area contributed by atoms with Crippen molar-refractivity contribution in [3.8, 4) is 0 Å². The Labute approximate surface area is 152 Å². The summed E-state index contributed by atoms with van der Waals surface area (Å²) >= 11 is 0. The van der Waals surface area contributed by atoms with Crippen molar-refractivity contribution in [2.24, 2.45) is 5.92 Å². The molecule has 1 aliphatic heterocycles. The number of rotatable bonds is 6. The second kappa shape index (κ2) is 7.55. The van der Waals surface area contributed by atoms with E-state index in [2.05, 4.69) is 57.7 Å². The van der Waals surface area contributed by atoms with Gasteiger partial charge in [-0.2, -0.15) is 10.1 Å². The predicted octanol–water partition coefficient (Wildman–Crippen LogP) is 3.33. The van der Waals surface area contributed by atoms with E-state index < -0.39 is 0 Å². The van der Waals surface area contributed by atoms with Crippen LogP contribution in [0.4, 0.5) is 0 Å². The summed E-state index contributed by atoms with van der Waals surface area (Å²) in [5.41, 5.74) is 2.25. The van der Waals surface area contributed by atoms with Gasteiger partial charge < -0.3 is 14.6 Å². The Morgan fingerprint density at radius 3 is 2.88 bits per heavy atom. The summed E-state index contributed by atoms with van der Waals surface area (Å²) in [6.07, 6.45) is 3.83. The van der Waals surface area contributed by atoms with Gasteiger partial charge in [-0.3, -0.25) is 5.10 Å². The molecule has 1 aromatic carbocycles. The van der Waals surface area contributed by atoms with Crippen LogP contribution in [0, 0.1) is 5.92 Å². The lowest BCUT2D eigenvalue weighted by Gasteiger charge is -2.28. The highest BCUT2D eigenvalue weighted by molar-refractivity contribution is 5.81. The molecular formula is C19H25N5O2. The zero-order valence-electron chi connectivity index (χ0n) is 15.2. The van der Waals surface area contributed by atoms with Gasteiger partial charge in [-0.05, 0) is 24.3 Å². The van der Waals surface area contributed by atoms with Crippen molar-refractivity contribution in [2.45, 2.75) is 45.2 Å². The van der Waals surface area contributed by atoms with Gasteiger partial charge in [-0.15, -0.1) is 0 Å². The molecule has 4 rings (SSSR count). The minimum absolute atomic E-state index is 0.0251. The van der Waals surface area contributed by atoms with Crippen LogP contribution in [-0.2, 0) is 11.3 Å². The molecule has 2 N–H and O–H groups in total. The molecule has 0 saturated carbocycles. The summed E-state index contributed by atoms with van der Waals surface area (Å²) in [4.78, 5) is 4.65. The zero-order valence-corrected chi connectivity index (χ0v) is 15.2. The molecule has 0 bridgehead atoms. The van der Waals surface area contributed by atoms with E-state index in [0.29, 0.717) is 18.4 Å². The molecule has 7 heteroatoms. The van der Waals surface area contributed by atoms with Crippen LogP contribution in [0.2, 0.25) is 0 Å². The van der Waals surface area contributed by atoms with Crippen LogP contribution < -0.4 is 5.32 Å². The first-order valence-corrected chi connectivity index (χ1v) is 9.28. The predicted molar refractivity (Wildman–Crippen MR) is 97.6 cm³/mol. The molecule has 0 radical (unpaired) electrons. The number of hydrogen-bond acceptors (Lipinski definition) is 6. The highest BCUT2D eigenvalue weighted by Crippen LogP contribution is 2.30. The molecule has 1 atom stereocenters. The summed E-state index contributed by atoms with van der Waals surface area (Å²) in [5.74, 6) is 2.11. The van der Waals surface area contributed by atoms with Crippen LogP contribution in [0.25, 0.3) is 10.9 Å². The van der Waals surface area contributed by atoms with Crippen molar-refractivity contribution in [1.82, 2.24) is 25.7 Å². The molecule has 2 aromatic heterocycles. The van der Waals surface area contributed by atoms with Gasteiger partial charge in [0.2, 0.25) is 5.89 Å². The van der Waals surface area contributed by atoms with Gasteiger partial charge in [0.1, 0.15) is 0 Å². The van der Waals surface area contributed by atoms with Crippen LogP contribution in [0.3, 0.4) is 0 Å². The smallest absolute Gasteiger partial charge is 0.244 e. The second-order valence-corrected chi connectivity index (χ2v) is 7.21. The first-order chi connectivity index (χ1) is 12.7. The van der Waals surface area contributed by atoms with Crippen molar-refractivity contribution >= 4 is 10.9 Å². The molecule has 7 nitrogen and oxygen atoms in total. The number of hydrogen-bond donors (Lipinski definition) is 2. The van der Waals surface area contributed by atoms with Gasteiger partial charge in [0.05, 0.1) is 17.8 Å². The molecule has 138 valence electrons. The highest BCUT2D eigenvalue weighted by atomic mass is 16.5. The van der Waals surface area contributed by atoms with Crippen LogP contribution in [0.5, 0.6) is 0 Å². The lowest BCUT2D eigenvalue weighted by molar-refractivity contribution is 0.0485. The van der Waals surface area contributed by atoms with Gasteiger partial charge in [0, 0.05) is 31.1 Å². The van der Waals surface area contributed by atoms with Crippen LogP contribution in [0.15, 0.2) is 28.9 Å². The fourth-order valence-electron chi connectivity index (χ4n) is 3.51. The Bertz CT molecular complexity index is 850. The van der Waals surface area contributed by atoms with Crippen molar-refractivity contribution in [2.75, 3.05) is 13.2 Å². The van der Waals surface area contributed by atoms with E-state index in [9.17, 15) is 0 Å². The molecule has 1 fully saturated rings. The third kappa shape index (κ3) is 3.50. The first-order valence-electron chi connectivity index (χ1n) is 9.28. The SMILES string of the molecule is CC(C)c1noc([C@H](NCc2cccc3cn[nH]c23)C2CCOCC2)n1. The number of aromatic amines is 1. The molecule has 0 aliphatic carbocycles. The summed E-state index contributed by atoms with van der Waals surface area (Å²) in [6.45, 7) is 6.42. The van der Waals surface area contributed by atoms with E-state index in [1.165, 1.54) is 5.56 Å². The van der Waals surface area contributed by atoms with E-state index in [1.54, 1.807) is 0 Å². The van der Waals surface area contributed by atoms with Gasteiger partial charge in [0.15, 0.2) is 5.82 Å². The van der Waals surface area contributed by atoms with Crippen molar-refractivity contribution < 1.29 is 9.26 Å². The third-order valence-electron chi connectivity index (χ3n) is 5.05. The molecule has 3 heterocycles. The zero-order chi connectivity index (χ0) is 17.9. The highest BCUT2D eigenvalue weighted by Gasteiger charge is 2.30. The quantitative estimate of drug-likeness (QED) is 0.705. The molecule has 0 amide bonds. The number of para-hydroxylation sites is 1. The average Bonchev–Trinajstić information content (AvgIpc) is 3.33. The summed E-state index contributed by atoms with van der Waals surface area (Å²) in [5, 5.41) is 16.2. The fraction of sp³-hybridized carbons (Fsp3) is 0.526. The molecule has 3 aromatic rings. The molecule has 0 unspecified atom stereocenters. The number of ether oxygens (including phenoxy) is 1. The Morgan fingerprint density at radius 1 is 1.27 bits per heavy atom. The van der Waals surface area contributed by atoms with E-state index in [4.69, 9.17) is 9.26 Å². The Balaban J connectivity index is 1.57. The normalized spacial score (nSPS) is 17.2. The second-order valence-electron chi connectivity index (χ2n) is 7.21. The standard InChI is InChI=1S/C19H25N5O2/c1-12(2)18-22-19(26-24-18)17(13-6-8-25-9-7-13)20-10-14-4-3-5-15-11-21-23-16(14)15/h3-5,11-13,17,20H,6-10H2,1-2H3,(H,21,23)/t17-/m1/s1. The van der Waals surface area contributed by atoms with Crippen LogP contribution >= 0.6 is 0 Å². The number of aromatic nitrogens is 4. The van der Waals surface area contributed by atoms with Crippen molar-refractivity contribution in [3.05, 3.63) is 41.7 Å². The molecular weight excluding hydrogens is 330 g/mol. The minimum atomic E-state index is 0.0251. The Morgan fingerprint density at radius 2 is 2.12 bits per heavy atom. The molecule has 1 aliphatic rings. The van der Waals surface area contributed by atoms with E-state index in [1.807, 2.05) is 6.20 Å². The van der Waals surface area contributed by atoms with Gasteiger partial charge >= 0.3 is 0 Å². The Kier molecular flexibility index (Phi) is 4.99.